The monoisotopic (exact) mass is 416 g/mol. The van der Waals surface area contributed by atoms with Crippen molar-refractivity contribution in [2.45, 2.75) is 26.2 Å². The second-order valence-electron chi connectivity index (χ2n) is 7.04. The molecule has 3 rings (SSSR count). The fraction of sp³-hybridized carbons (Fsp3) is 0.476. The van der Waals surface area contributed by atoms with E-state index in [1.807, 2.05) is 11.1 Å². The Morgan fingerprint density at radius 3 is 2.41 bits per heavy atom. The van der Waals surface area contributed by atoms with Crippen LogP contribution in [0.5, 0.6) is 0 Å². The fourth-order valence-corrected chi connectivity index (χ4v) is 4.30. The van der Waals surface area contributed by atoms with Gasteiger partial charge in [0.2, 0.25) is 5.91 Å². The molecule has 8 heteroatoms. The Balaban J connectivity index is 1.44. The molecule has 0 unspecified atom stereocenters. The molecule has 1 aliphatic rings. The van der Waals surface area contributed by atoms with Crippen LogP contribution in [-0.2, 0) is 33.6 Å². The zero-order valence-electron chi connectivity index (χ0n) is 16.8. The molecule has 1 aliphatic heterocycles. The van der Waals surface area contributed by atoms with Gasteiger partial charge in [-0.05, 0) is 37.1 Å². The molecule has 2 aromatic heterocycles. The zero-order chi connectivity index (χ0) is 20.6. The van der Waals surface area contributed by atoms with Crippen molar-refractivity contribution < 1.29 is 14.3 Å². The van der Waals surface area contributed by atoms with Gasteiger partial charge in [-0.3, -0.25) is 14.6 Å². The van der Waals surface area contributed by atoms with Crippen LogP contribution < -0.4 is 10.6 Å². The molecule has 2 aromatic rings. The molecule has 1 amide bonds. The van der Waals surface area contributed by atoms with Gasteiger partial charge in [-0.2, -0.15) is 0 Å². The van der Waals surface area contributed by atoms with Gasteiger partial charge >= 0.3 is 5.97 Å². The molecule has 7 nitrogen and oxygen atoms in total. The molecule has 3 heterocycles. The average molecular weight is 417 g/mol. The second-order valence-corrected chi connectivity index (χ2v) is 8.30. The van der Waals surface area contributed by atoms with Gasteiger partial charge < -0.3 is 20.3 Å². The number of hydrogen-bond donors (Lipinski definition) is 1. The predicted octanol–water partition coefficient (Wildman–Crippen LogP) is 1.64. The number of anilines is 1. The van der Waals surface area contributed by atoms with E-state index in [0.717, 1.165) is 56.8 Å². The third-order valence-corrected chi connectivity index (χ3v) is 6.23. The Morgan fingerprint density at radius 2 is 1.79 bits per heavy atom. The molecule has 29 heavy (non-hydrogen) atoms. The van der Waals surface area contributed by atoms with Crippen LogP contribution in [0.1, 0.15) is 22.4 Å². The van der Waals surface area contributed by atoms with Crippen molar-refractivity contribution in [3.8, 4) is 0 Å². The second kappa shape index (κ2) is 10.4. The van der Waals surface area contributed by atoms with Crippen molar-refractivity contribution >= 4 is 28.9 Å². The molecule has 156 valence electrons. The number of aromatic nitrogens is 1. The van der Waals surface area contributed by atoms with E-state index in [1.54, 1.807) is 18.3 Å². The van der Waals surface area contributed by atoms with Crippen LogP contribution in [0, 0.1) is 0 Å². The lowest BCUT2D eigenvalue weighted by atomic mass is 10.2. The lowest BCUT2D eigenvalue weighted by Gasteiger charge is -2.35. The maximum atomic E-state index is 11.4. The Morgan fingerprint density at radius 1 is 1.07 bits per heavy atom. The van der Waals surface area contributed by atoms with Crippen molar-refractivity contribution in [1.82, 2.24) is 9.88 Å². The van der Waals surface area contributed by atoms with Gasteiger partial charge in [-0.15, -0.1) is 11.3 Å². The minimum Gasteiger partial charge on any atom is -0.464 e. The maximum absolute atomic E-state index is 11.4. The number of nitrogens with zero attached hydrogens (tertiary/aromatic N) is 3. The van der Waals surface area contributed by atoms with Crippen LogP contribution in [0.4, 0.5) is 5.69 Å². The third-order valence-electron chi connectivity index (χ3n) is 5.02. The SMILES string of the molecule is CC(=O)N1CCN(c2ccc(CCc3ccc(CCOC(=O)CN)s3)nc2)CC1. The summed E-state index contributed by atoms with van der Waals surface area (Å²) in [7, 11) is 0. The number of hydrogen-bond acceptors (Lipinski definition) is 7. The van der Waals surface area contributed by atoms with Crippen LogP contribution in [0.15, 0.2) is 30.5 Å². The van der Waals surface area contributed by atoms with E-state index in [2.05, 4.69) is 34.1 Å². The van der Waals surface area contributed by atoms with Crippen LogP contribution in [0.25, 0.3) is 0 Å². The first-order chi connectivity index (χ1) is 14.0. The number of thiophene rings is 1. The Labute approximate surface area is 175 Å². The number of carbonyl (C=O) groups is 2. The summed E-state index contributed by atoms with van der Waals surface area (Å²) < 4.78 is 5.02. The van der Waals surface area contributed by atoms with Gasteiger partial charge in [-0.25, -0.2) is 0 Å². The van der Waals surface area contributed by atoms with E-state index >= 15 is 0 Å². The number of carbonyl (C=O) groups excluding carboxylic acids is 2. The standard InChI is InChI=1S/C21H28N4O3S/c1-16(26)24-9-11-25(12-10-24)18-4-2-17(23-15-18)3-5-19-6-7-20(29-19)8-13-28-21(27)14-22/h2,4,6-7,15H,3,5,8-14,22H2,1H3. The summed E-state index contributed by atoms with van der Waals surface area (Å²) in [6, 6.07) is 8.44. The highest BCUT2D eigenvalue weighted by atomic mass is 32.1. The van der Waals surface area contributed by atoms with Gasteiger partial charge in [0.1, 0.15) is 0 Å². The molecule has 0 radical (unpaired) electrons. The zero-order valence-corrected chi connectivity index (χ0v) is 17.6. The molecular formula is C21H28N4O3S. The lowest BCUT2D eigenvalue weighted by molar-refractivity contribution is -0.141. The first-order valence-electron chi connectivity index (χ1n) is 9.94. The van der Waals surface area contributed by atoms with Crippen LogP contribution in [-0.4, -0.2) is 61.1 Å². The van der Waals surface area contributed by atoms with Crippen molar-refractivity contribution in [3.63, 3.8) is 0 Å². The Kier molecular flexibility index (Phi) is 7.60. The summed E-state index contributed by atoms with van der Waals surface area (Å²) in [6.07, 6.45) is 4.49. The van der Waals surface area contributed by atoms with Gasteiger partial charge in [0.05, 0.1) is 25.0 Å². The van der Waals surface area contributed by atoms with E-state index in [4.69, 9.17) is 10.5 Å². The first kappa shape index (κ1) is 21.3. The minimum absolute atomic E-state index is 0.0733. The molecule has 0 spiro atoms. The van der Waals surface area contributed by atoms with Crippen molar-refractivity contribution in [2.24, 2.45) is 5.73 Å². The summed E-state index contributed by atoms with van der Waals surface area (Å²) in [4.78, 5) is 33.8. The summed E-state index contributed by atoms with van der Waals surface area (Å²) in [5, 5.41) is 0. The largest absolute Gasteiger partial charge is 0.464 e. The van der Waals surface area contributed by atoms with E-state index < -0.39 is 0 Å². The highest BCUT2D eigenvalue weighted by Crippen LogP contribution is 2.20. The topological polar surface area (TPSA) is 88.8 Å². The van der Waals surface area contributed by atoms with E-state index in [1.165, 1.54) is 9.75 Å². The molecule has 0 bridgehead atoms. The summed E-state index contributed by atoms with van der Waals surface area (Å²) >= 11 is 1.75. The number of piperazine rings is 1. The number of aryl methyl sites for hydroxylation is 2. The minimum atomic E-state index is -0.364. The van der Waals surface area contributed by atoms with Gasteiger partial charge in [-0.1, -0.05) is 0 Å². The molecule has 2 N–H and O–H groups in total. The summed E-state index contributed by atoms with van der Waals surface area (Å²) in [6.45, 7) is 5.15. The third kappa shape index (κ3) is 6.27. The predicted molar refractivity (Wildman–Crippen MR) is 114 cm³/mol. The highest BCUT2D eigenvalue weighted by Gasteiger charge is 2.18. The molecule has 0 saturated carbocycles. The lowest BCUT2D eigenvalue weighted by Crippen LogP contribution is -2.48. The van der Waals surface area contributed by atoms with Crippen LogP contribution >= 0.6 is 11.3 Å². The van der Waals surface area contributed by atoms with Gasteiger partial charge in [0, 0.05) is 55.0 Å². The number of rotatable bonds is 8. The molecule has 1 fully saturated rings. The van der Waals surface area contributed by atoms with Crippen molar-refractivity contribution in [1.29, 1.82) is 0 Å². The first-order valence-corrected chi connectivity index (χ1v) is 10.8. The van der Waals surface area contributed by atoms with Gasteiger partial charge in [0.15, 0.2) is 0 Å². The number of pyridine rings is 1. The molecule has 1 saturated heterocycles. The molecule has 0 atom stereocenters. The number of ether oxygens (including phenoxy) is 1. The van der Waals surface area contributed by atoms with E-state index in [9.17, 15) is 9.59 Å². The molecule has 0 aliphatic carbocycles. The van der Waals surface area contributed by atoms with Crippen LogP contribution in [0.2, 0.25) is 0 Å². The number of amides is 1. The summed E-state index contributed by atoms with van der Waals surface area (Å²) in [5.74, 6) is -0.219. The smallest absolute Gasteiger partial charge is 0.319 e. The molecular weight excluding hydrogens is 388 g/mol. The average Bonchev–Trinajstić information content (AvgIpc) is 3.20. The van der Waals surface area contributed by atoms with Crippen LogP contribution in [0.3, 0.4) is 0 Å². The Bertz CT molecular complexity index is 814. The quantitative estimate of drug-likeness (QED) is 0.658. The van der Waals surface area contributed by atoms with Crippen molar-refractivity contribution in [3.05, 3.63) is 45.9 Å². The Hall–Kier alpha value is -2.45. The molecule has 0 aromatic carbocycles. The van der Waals surface area contributed by atoms with E-state index in [-0.39, 0.29) is 18.4 Å². The van der Waals surface area contributed by atoms with Crippen molar-refractivity contribution in [2.75, 3.05) is 44.2 Å². The van der Waals surface area contributed by atoms with E-state index in [0.29, 0.717) is 6.61 Å². The maximum Gasteiger partial charge on any atom is 0.319 e. The van der Waals surface area contributed by atoms with Gasteiger partial charge in [0.25, 0.3) is 0 Å². The number of esters is 1. The normalized spacial score (nSPS) is 14.1. The highest BCUT2D eigenvalue weighted by molar-refractivity contribution is 7.11. The fourth-order valence-electron chi connectivity index (χ4n) is 3.30. The summed E-state index contributed by atoms with van der Waals surface area (Å²) in [5.41, 5.74) is 7.41. The number of nitrogens with two attached hydrogens (primary N) is 1.